The molecule has 2 aliphatic heterocycles. The Kier molecular flexibility index (Phi) is 4.31. The number of carbonyl (C=O) groups excluding carboxylic acids is 1. The van der Waals surface area contributed by atoms with E-state index in [1.807, 2.05) is 19.1 Å². The molecule has 2 amide bonds. The smallest absolute Gasteiger partial charge is 0.329 e. The van der Waals surface area contributed by atoms with Crippen LogP contribution in [0, 0.1) is 6.92 Å². The van der Waals surface area contributed by atoms with E-state index in [9.17, 15) is 13.2 Å². The molecule has 27 heavy (non-hydrogen) atoms. The van der Waals surface area contributed by atoms with Crippen LogP contribution in [0.3, 0.4) is 0 Å². The number of carbonyl (C=O) groups is 1. The molecule has 0 unspecified atom stereocenters. The van der Waals surface area contributed by atoms with E-state index in [0.717, 1.165) is 5.56 Å². The third-order valence-corrected chi connectivity index (χ3v) is 7.25. The second-order valence-electron chi connectivity index (χ2n) is 6.84. The zero-order valence-corrected chi connectivity index (χ0v) is 16.5. The van der Waals surface area contributed by atoms with E-state index >= 15 is 0 Å². The van der Waals surface area contributed by atoms with Crippen LogP contribution in [0.5, 0.6) is 5.75 Å². The average Bonchev–Trinajstić information content (AvgIpc) is 3.06. The van der Waals surface area contributed by atoms with E-state index in [-0.39, 0.29) is 17.5 Å². The lowest BCUT2D eigenvalue weighted by molar-refractivity contribution is 0.255. The molecule has 0 N–H and O–H groups in total. The highest BCUT2D eigenvalue weighted by atomic mass is 35.5. The summed E-state index contributed by atoms with van der Waals surface area (Å²) < 4.78 is 30.1. The van der Waals surface area contributed by atoms with E-state index < -0.39 is 21.9 Å². The number of benzene rings is 2. The van der Waals surface area contributed by atoms with E-state index in [2.05, 4.69) is 0 Å². The molecule has 2 aliphatic rings. The highest BCUT2D eigenvalue weighted by molar-refractivity contribution is 7.91. The van der Waals surface area contributed by atoms with Crippen molar-refractivity contribution >= 4 is 38.8 Å². The molecule has 0 bridgehead atoms. The quantitative estimate of drug-likeness (QED) is 0.734. The molecule has 4 rings (SSSR count). The van der Waals surface area contributed by atoms with Gasteiger partial charge in [0.1, 0.15) is 5.75 Å². The Morgan fingerprint density at radius 3 is 2.41 bits per heavy atom. The number of rotatable bonds is 3. The number of hydrogen-bond acceptors (Lipinski definition) is 4. The van der Waals surface area contributed by atoms with Gasteiger partial charge >= 0.3 is 6.03 Å². The zero-order valence-electron chi connectivity index (χ0n) is 14.9. The Bertz CT molecular complexity index is 1020. The second kappa shape index (κ2) is 6.42. The molecule has 6 nitrogen and oxygen atoms in total. The van der Waals surface area contributed by atoms with Crippen LogP contribution in [0.4, 0.5) is 16.2 Å². The topological polar surface area (TPSA) is 66.9 Å². The van der Waals surface area contributed by atoms with Crippen molar-refractivity contribution in [2.75, 3.05) is 28.4 Å². The van der Waals surface area contributed by atoms with Gasteiger partial charge in [-0.05, 0) is 36.8 Å². The minimum atomic E-state index is -3.26. The first-order valence-electron chi connectivity index (χ1n) is 8.54. The van der Waals surface area contributed by atoms with Gasteiger partial charge in [-0.3, -0.25) is 9.80 Å². The van der Waals surface area contributed by atoms with Crippen molar-refractivity contribution in [2.45, 2.75) is 19.0 Å². The molecule has 0 aromatic heterocycles. The molecular formula is C19H19ClN2O4S. The van der Waals surface area contributed by atoms with Crippen molar-refractivity contribution < 1.29 is 17.9 Å². The summed E-state index contributed by atoms with van der Waals surface area (Å²) >= 11 is 6.25. The van der Waals surface area contributed by atoms with Gasteiger partial charge in [-0.1, -0.05) is 29.8 Å². The monoisotopic (exact) mass is 406 g/mol. The van der Waals surface area contributed by atoms with Crippen LogP contribution in [0.2, 0.25) is 5.02 Å². The molecule has 2 heterocycles. The van der Waals surface area contributed by atoms with Crippen LogP contribution in [0.1, 0.15) is 5.56 Å². The predicted molar refractivity (Wildman–Crippen MR) is 106 cm³/mol. The van der Waals surface area contributed by atoms with E-state index in [1.165, 1.54) is 7.11 Å². The molecule has 0 spiro atoms. The van der Waals surface area contributed by atoms with E-state index in [1.54, 1.807) is 40.1 Å². The number of hydrogen-bond donors (Lipinski definition) is 0. The molecule has 142 valence electrons. The van der Waals surface area contributed by atoms with Gasteiger partial charge in [-0.15, -0.1) is 0 Å². The lowest BCUT2D eigenvalue weighted by Gasteiger charge is -2.24. The Morgan fingerprint density at radius 1 is 1.07 bits per heavy atom. The summed E-state index contributed by atoms with van der Waals surface area (Å²) in [6.45, 7) is 1.88. The fourth-order valence-corrected chi connectivity index (χ4v) is 5.94. The molecule has 0 saturated carbocycles. The van der Waals surface area contributed by atoms with Crippen LogP contribution >= 0.6 is 11.6 Å². The highest BCUT2D eigenvalue weighted by Crippen LogP contribution is 2.41. The largest absolute Gasteiger partial charge is 0.495 e. The number of methoxy groups -OCH3 is 1. The number of anilines is 2. The van der Waals surface area contributed by atoms with Gasteiger partial charge in [0.15, 0.2) is 9.84 Å². The summed E-state index contributed by atoms with van der Waals surface area (Å²) in [5.74, 6) is 0.385. The van der Waals surface area contributed by atoms with Crippen LogP contribution < -0.4 is 14.5 Å². The number of fused-ring (bicyclic) bond motifs is 1. The molecule has 2 aromatic rings. The first-order chi connectivity index (χ1) is 12.8. The fraction of sp³-hybridized carbons (Fsp3) is 0.316. The Balaban J connectivity index is 1.84. The maximum absolute atomic E-state index is 13.4. The van der Waals surface area contributed by atoms with Crippen molar-refractivity contribution in [3.05, 3.63) is 53.1 Å². The summed E-state index contributed by atoms with van der Waals surface area (Å²) in [4.78, 5) is 16.4. The SMILES string of the molecule is COc1ccccc1N1C(=O)N(c2ccc(C)c(Cl)c2)[C@@H]2CS(=O)(=O)C[C@H]21. The van der Waals surface area contributed by atoms with Gasteiger partial charge in [0, 0.05) is 10.7 Å². The number of para-hydroxylation sites is 2. The fourth-order valence-electron chi connectivity index (χ4n) is 3.85. The first-order valence-corrected chi connectivity index (χ1v) is 10.7. The standard InChI is InChI=1S/C19H19ClN2O4S/c1-12-7-8-13(9-14(12)20)21-16-10-27(24,25)11-17(16)22(19(21)23)15-5-3-4-6-18(15)26-2/h3-9,16-17H,10-11H2,1-2H3/t16-,17-/m1/s1. The van der Waals surface area contributed by atoms with Gasteiger partial charge in [0.25, 0.3) is 0 Å². The van der Waals surface area contributed by atoms with Crippen LogP contribution in [0.25, 0.3) is 0 Å². The van der Waals surface area contributed by atoms with Gasteiger partial charge in [0.2, 0.25) is 0 Å². The number of nitrogens with zero attached hydrogens (tertiary/aromatic N) is 2. The van der Waals surface area contributed by atoms with Gasteiger partial charge in [-0.2, -0.15) is 0 Å². The van der Waals surface area contributed by atoms with Gasteiger partial charge in [0.05, 0.1) is 36.4 Å². The van der Waals surface area contributed by atoms with Crippen LogP contribution in [-0.4, -0.2) is 45.1 Å². The van der Waals surface area contributed by atoms with Crippen molar-refractivity contribution in [1.82, 2.24) is 0 Å². The van der Waals surface area contributed by atoms with E-state index in [0.29, 0.717) is 22.1 Å². The number of halogens is 1. The van der Waals surface area contributed by atoms with Crippen LogP contribution in [-0.2, 0) is 9.84 Å². The predicted octanol–water partition coefficient (Wildman–Crippen LogP) is 3.27. The number of amides is 2. The summed E-state index contributed by atoms with van der Waals surface area (Å²) in [6.07, 6.45) is 0. The van der Waals surface area contributed by atoms with E-state index in [4.69, 9.17) is 16.3 Å². The first kappa shape index (κ1) is 18.1. The average molecular weight is 407 g/mol. The Morgan fingerprint density at radius 2 is 1.74 bits per heavy atom. The lowest BCUT2D eigenvalue weighted by Crippen LogP contribution is -2.38. The number of sulfone groups is 1. The second-order valence-corrected chi connectivity index (χ2v) is 9.40. The maximum Gasteiger partial charge on any atom is 0.329 e. The van der Waals surface area contributed by atoms with Crippen molar-refractivity contribution in [3.63, 3.8) is 0 Å². The van der Waals surface area contributed by atoms with Crippen molar-refractivity contribution in [3.8, 4) is 5.75 Å². The van der Waals surface area contributed by atoms with Crippen molar-refractivity contribution in [1.29, 1.82) is 0 Å². The molecule has 2 fully saturated rings. The number of ether oxygens (including phenoxy) is 1. The summed E-state index contributed by atoms with van der Waals surface area (Å²) in [5.41, 5.74) is 2.06. The highest BCUT2D eigenvalue weighted by Gasteiger charge is 2.55. The van der Waals surface area contributed by atoms with Gasteiger partial charge < -0.3 is 4.74 Å². The molecular weight excluding hydrogens is 388 g/mol. The lowest BCUT2D eigenvalue weighted by atomic mass is 10.1. The molecule has 8 heteroatoms. The summed E-state index contributed by atoms with van der Waals surface area (Å²) in [7, 11) is -1.73. The zero-order chi connectivity index (χ0) is 19.3. The molecule has 2 aromatic carbocycles. The molecule has 0 aliphatic carbocycles. The molecule has 2 atom stereocenters. The number of urea groups is 1. The minimum absolute atomic E-state index is 0.0689. The van der Waals surface area contributed by atoms with Gasteiger partial charge in [-0.25, -0.2) is 13.2 Å². The normalized spacial score (nSPS) is 23.6. The molecule has 0 radical (unpaired) electrons. The minimum Gasteiger partial charge on any atom is -0.495 e. The third kappa shape index (κ3) is 2.95. The number of aryl methyl sites for hydroxylation is 1. The van der Waals surface area contributed by atoms with Crippen LogP contribution in [0.15, 0.2) is 42.5 Å². The molecule has 2 saturated heterocycles. The Labute approximate surface area is 163 Å². The van der Waals surface area contributed by atoms with Crippen molar-refractivity contribution in [2.24, 2.45) is 0 Å². The third-order valence-electron chi connectivity index (χ3n) is 5.15. The Hall–Kier alpha value is -2.25. The summed E-state index contributed by atoms with van der Waals surface area (Å²) in [6, 6.07) is 11.3. The maximum atomic E-state index is 13.4. The summed E-state index contributed by atoms with van der Waals surface area (Å²) in [5, 5.41) is 0.536.